The summed E-state index contributed by atoms with van der Waals surface area (Å²) in [5.41, 5.74) is 8.81. The number of rotatable bonds is 5. The zero-order valence-electron chi connectivity index (χ0n) is 10.6. The number of benzene rings is 1. The zero-order chi connectivity index (χ0) is 11.3. The van der Waals surface area contributed by atoms with Gasteiger partial charge in [0.1, 0.15) is 0 Å². The van der Waals surface area contributed by atoms with E-state index in [-0.39, 0.29) is 17.9 Å². The van der Waals surface area contributed by atoms with E-state index in [1.54, 1.807) is 0 Å². The van der Waals surface area contributed by atoms with Crippen LogP contribution < -0.4 is 5.73 Å². The number of halogens is 1. The van der Waals surface area contributed by atoms with Gasteiger partial charge in [0.05, 0.1) is 0 Å². The van der Waals surface area contributed by atoms with Crippen LogP contribution in [0.4, 0.5) is 0 Å². The van der Waals surface area contributed by atoms with E-state index in [0.29, 0.717) is 0 Å². The maximum absolute atomic E-state index is 6.38. The van der Waals surface area contributed by atoms with Crippen LogP contribution in [-0.2, 0) is 5.54 Å². The fraction of sp³-hybridized carbons (Fsp3) is 0.571. The van der Waals surface area contributed by atoms with Crippen molar-refractivity contribution in [3.63, 3.8) is 0 Å². The van der Waals surface area contributed by atoms with E-state index in [1.165, 1.54) is 30.4 Å². The van der Waals surface area contributed by atoms with E-state index in [9.17, 15) is 0 Å². The molecule has 0 heterocycles. The summed E-state index contributed by atoms with van der Waals surface area (Å²) < 4.78 is 0. The molecule has 0 bridgehead atoms. The lowest BCUT2D eigenvalue weighted by Gasteiger charge is -2.27. The molecule has 92 valence electrons. The second-order valence-corrected chi connectivity index (χ2v) is 4.69. The lowest BCUT2D eigenvalue weighted by molar-refractivity contribution is 0.425. The van der Waals surface area contributed by atoms with Crippen LogP contribution in [0.25, 0.3) is 0 Å². The Hall–Kier alpha value is -0.530. The van der Waals surface area contributed by atoms with Gasteiger partial charge in [-0.05, 0) is 31.4 Å². The van der Waals surface area contributed by atoms with Crippen LogP contribution in [0.5, 0.6) is 0 Å². The smallest absolute Gasteiger partial charge is 0.0383 e. The first-order valence-electron chi connectivity index (χ1n) is 5.93. The highest BCUT2D eigenvalue weighted by molar-refractivity contribution is 5.85. The van der Waals surface area contributed by atoms with Gasteiger partial charge in [0.25, 0.3) is 0 Å². The first-order valence-corrected chi connectivity index (χ1v) is 5.93. The van der Waals surface area contributed by atoms with Crippen LogP contribution in [0.2, 0.25) is 0 Å². The van der Waals surface area contributed by atoms with Crippen LogP contribution in [0.15, 0.2) is 24.3 Å². The molecule has 1 aromatic carbocycles. The Morgan fingerprint density at radius 1 is 1.19 bits per heavy atom. The molecule has 1 atom stereocenters. The monoisotopic (exact) mass is 241 g/mol. The second-order valence-electron chi connectivity index (χ2n) is 4.69. The van der Waals surface area contributed by atoms with Crippen LogP contribution in [0, 0.1) is 6.92 Å². The molecule has 0 aromatic heterocycles. The van der Waals surface area contributed by atoms with Gasteiger partial charge >= 0.3 is 0 Å². The molecular formula is C14H24ClN. The molecule has 0 spiro atoms. The molecule has 0 amide bonds. The normalized spacial score (nSPS) is 14.0. The van der Waals surface area contributed by atoms with Gasteiger partial charge in [0, 0.05) is 5.54 Å². The minimum atomic E-state index is -0.166. The molecule has 0 aliphatic carbocycles. The summed E-state index contributed by atoms with van der Waals surface area (Å²) in [6.45, 7) is 6.51. The van der Waals surface area contributed by atoms with Crippen molar-refractivity contribution in [3.8, 4) is 0 Å². The average Bonchev–Trinajstić information content (AvgIpc) is 2.18. The summed E-state index contributed by atoms with van der Waals surface area (Å²) in [6.07, 6.45) is 4.83. The maximum atomic E-state index is 6.38. The molecule has 0 radical (unpaired) electrons. The zero-order valence-corrected chi connectivity index (χ0v) is 11.4. The Morgan fingerprint density at radius 2 is 1.81 bits per heavy atom. The molecule has 2 N–H and O–H groups in total. The Morgan fingerprint density at radius 3 is 2.38 bits per heavy atom. The van der Waals surface area contributed by atoms with E-state index >= 15 is 0 Å². The van der Waals surface area contributed by atoms with Crippen molar-refractivity contribution in [2.24, 2.45) is 5.73 Å². The molecule has 0 aliphatic heterocycles. The van der Waals surface area contributed by atoms with Gasteiger partial charge < -0.3 is 5.73 Å². The Kier molecular flexibility index (Phi) is 6.70. The molecule has 0 saturated heterocycles. The third-order valence-electron chi connectivity index (χ3n) is 3.06. The molecule has 16 heavy (non-hydrogen) atoms. The van der Waals surface area contributed by atoms with E-state index < -0.39 is 0 Å². The summed E-state index contributed by atoms with van der Waals surface area (Å²) in [4.78, 5) is 0. The quantitative estimate of drug-likeness (QED) is 0.770. The van der Waals surface area contributed by atoms with Crippen LogP contribution in [0.1, 0.15) is 50.7 Å². The highest BCUT2D eigenvalue weighted by atomic mass is 35.5. The van der Waals surface area contributed by atoms with Crippen molar-refractivity contribution in [2.75, 3.05) is 0 Å². The standard InChI is InChI=1S/C14H23N.ClH/c1-4-5-8-11-14(3,15)13-10-7-6-9-12(13)2;/h6-7,9-10H,4-5,8,11,15H2,1-3H3;1H. The highest BCUT2D eigenvalue weighted by Crippen LogP contribution is 2.26. The van der Waals surface area contributed by atoms with Crippen LogP contribution in [-0.4, -0.2) is 0 Å². The van der Waals surface area contributed by atoms with Gasteiger partial charge in [0.2, 0.25) is 0 Å². The molecule has 0 saturated carbocycles. The number of unbranched alkanes of at least 4 members (excludes halogenated alkanes) is 2. The van der Waals surface area contributed by atoms with Crippen molar-refractivity contribution >= 4 is 12.4 Å². The van der Waals surface area contributed by atoms with E-state index in [2.05, 4.69) is 45.0 Å². The van der Waals surface area contributed by atoms with E-state index in [0.717, 1.165) is 6.42 Å². The Labute approximate surface area is 106 Å². The van der Waals surface area contributed by atoms with Gasteiger partial charge in [-0.3, -0.25) is 0 Å². The minimum absolute atomic E-state index is 0. The molecular weight excluding hydrogens is 218 g/mol. The van der Waals surface area contributed by atoms with Crippen molar-refractivity contribution in [3.05, 3.63) is 35.4 Å². The lowest BCUT2D eigenvalue weighted by atomic mass is 9.85. The number of hydrogen-bond donors (Lipinski definition) is 1. The summed E-state index contributed by atoms with van der Waals surface area (Å²) in [5.74, 6) is 0. The SMILES string of the molecule is CCCCCC(C)(N)c1ccccc1C.Cl. The third kappa shape index (κ3) is 4.15. The van der Waals surface area contributed by atoms with Crippen molar-refractivity contribution < 1.29 is 0 Å². The van der Waals surface area contributed by atoms with Crippen molar-refractivity contribution in [1.29, 1.82) is 0 Å². The summed E-state index contributed by atoms with van der Waals surface area (Å²) in [6, 6.07) is 8.44. The van der Waals surface area contributed by atoms with Crippen molar-refractivity contribution in [1.82, 2.24) is 0 Å². The molecule has 1 rings (SSSR count). The summed E-state index contributed by atoms with van der Waals surface area (Å²) in [5, 5.41) is 0. The van der Waals surface area contributed by atoms with Gasteiger partial charge in [-0.25, -0.2) is 0 Å². The molecule has 1 aromatic rings. The second kappa shape index (κ2) is 6.93. The van der Waals surface area contributed by atoms with E-state index in [1.807, 2.05) is 0 Å². The summed E-state index contributed by atoms with van der Waals surface area (Å²) >= 11 is 0. The van der Waals surface area contributed by atoms with Gasteiger partial charge in [0.15, 0.2) is 0 Å². The molecule has 0 fully saturated rings. The number of aryl methyl sites for hydroxylation is 1. The van der Waals surface area contributed by atoms with Gasteiger partial charge in [-0.2, -0.15) is 0 Å². The number of hydrogen-bond acceptors (Lipinski definition) is 1. The third-order valence-corrected chi connectivity index (χ3v) is 3.06. The topological polar surface area (TPSA) is 26.0 Å². The average molecular weight is 242 g/mol. The highest BCUT2D eigenvalue weighted by Gasteiger charge is 2.21. The molecule has 0 aliphatic rings. The lowest BCUT2D eigenvalue weighted by Crippen LogP contribution is -2.33. The van der Waals surface area contributed by atoms with Crippen molar-refractivity contribution in [2.45, 2.75) is 52.0 Å². The predicted molar refractivity (Wildman–Crippen MR) is 74.1 cm³/mol. The molecule has 1 nitrogen and oxygen atoms in total. The Bertz CT molecular complexity index is 307. The first kappa shape index (κ1) is 15.5. The minimum Gasteiger partial charge on any atom is -0.322 e. The fourth-order valence-electron chi connectivity index (χ4n) is 2.09. The number of nitrogens with two attached hydrogens (primary N) is 1. The molecule has 1 unspecified atom stereocenters. The van der Waals surface area contributed by atoms with Gasteiger partial charge in [-0.15, -0.1) is 12.4 Å². The van der Waals surface area contributed by atoms with E-state index in [4.69, 9.17) is 5.73 Å². The molecule has 2 heteroatoms. The largest absolute Gasteiger partial charge is 0.322 e. The van der Waals surface area contributed by atoms with Crippen LogP contribution >= 0.6 is 12.4 Å². The maximum Gasteiger partial charge on any atom is 0.0383 e. The summed E-state index contributed by atoms with van der Waals surface area (Å²) in [7, 11) is 0. The van der Waals surface area contributed by atoms with Gasteiger partial charge in [-0.1, -0.05) is 50.5 Å². The fourth-order valence-corrected chi connectivity index (χ4v) is 2.09. The Balaban J connectivity index is 0.00000225. The first-order chi connectivity index (χ1) is 7.08. The van der Waals surface area contributed by atoms with Crippen LogP contribution in [0.3, 0.4) is 0 Å². The predicted octanol–water partition coefficient (Wildman–Crippen LogP) is 4.17.